The summed E-state index contributed by atoms with van der Waals surface area (Å²) in [7, 11) is 1.64. The number of nitrogens with zero attached hydrogens (tertiary/aromatic N) is 2. The second-order valence-electron chi connectivity index (χ2n) is 6.15. The quantitative estimate of drug-likeness (QED) is 0.753. The molecule has 0 atom stereocenters. The van der Waals surface area contributed by atoms with E-state index in [1.54, 1.807) is 7.11 Å². The number of nitrogens with one attached hydrogen (secondary N) is 1. The maximum absolute atomic E-state index is 12.8. The number of hydrogen-bond acceptors (Lipinski definition) is 4. The van der Waals surface area contributed by atoms with Gasteiger partial charge in [0.15, 0.2) is 0 Å². The highest BCUT2D eigenvalue weighted by molar-refractivity contribution is 7.98. The Labute approximate surface area is 156 Å². The topological polar surface area (TPSA) is 56.1 Å². The number of rotatable bonds is 4. The van der Waals surface area contributed by atoms with E-state index in [4.69, 9.17) is 9.84 Å². The van der Waals surface area contributed by atoms with E-state index in [0.717, 1.165) is 45.6 Å². The van der Waals surface area contributed by atoms with Crippen molar-refractivity contribution in [2.45, 2.75) is 18.4 Å². The highest BCUT2D eigenvalue weighted by Crippen LogP contribution is 2.36. The Bertz CT molecular complexity index is 964. The Morgan fingerprint density at radius 2 is 1.92 bits per heavy atom. The molecule has 3 aromatic rings. The molecule has 132 valence electrons. The van der Waals surface area contributed by atoms with Gasteiger partial charge in [-0.1, -0.05) is 18.2 Å². The number of aryl methyl sites for hydroxylation is 1. The Morgan fingerprint density at radius 3 is 2.65 bits per heavy atom. The van der Waals surface area contributed by atoms with E-state index in [9.17, 15) is 4.79 Å². The van der Waals surface area contributed by atoms with E-state index < -0.39 is 0 Å². The Hall–Kier alpha value is -2.73. The van der Waals surface area contributed by atoms with E-state index in [1.165, 1.54) is 0 Å². The van der Waals surface area contributed by atoms with Crippen LogP contribution >= 0.6 is 11.8 Å². The second kappa shape index (κ2) is 6.88. The highest BCUT2D eigenvalue weighted by Gasteiger charge is 2.25. The molecule has 0 saturated heterocycles. The van der Waals surface area contributed by atoms with Gasteiger partial charge in [0.1, 0.15) is 11.6 Å². The fraction of sp³-hybridized carbons (Fsp3) is 0.200. The summed E-state index contributed by atoms with van der Waals surface area (Å²) >= 11 is 1.81. The minimum Gasteiger partial charge on any atom is -0.497 e. The third-order valence-corrected chi connectivity index (χ3v) is 5.46. The van der Waals surface area contributed by atoms with Crippen LogP contribution in [0.5, 0.6) is 5.75 Å². The molecule has 1 amide bonds. The van der Waals surface area contributed by atoms with Crippen LogP contribution in [0.15, 0.2) is 48.5 Å². The Balaban J connectivity index is 1.73. The number of aromatic nitrogens is 2. The standard InChI is InChI=1S/C20H19N3O2S/c1-13-5-3-4-6-16(13)20(24)21-19-17-11-26-12-18(17)22-23(19)14-7-9-15(25-2)10-8-14/h3-10H,11-12H2,1-2H3,(H,21,24). The molecule has 0 fully saturated rings. The van der Waals surface area contributed by atoms with E-state index in [2.05, 4.69) is 5.32 Å². The zero-order valence-electron chi connectivity index (χ0n) is 14.7. The lowest BCUT2D eigenvalue weighted by atomic mass is 10.1. The molecule has 6 heteroatoms. The van der Waals surface area contributed by atoms with Gasteiger partial charge in [-0.2, -0.15) is 16.9 Å². The average molecular weight is 365 g/mol. The summed E-state index contributed by atoms with van der Waals surface area (Å²) in [5.41, 5.74) is 4.66. The number of fused-ring (bicyclic) bond motifs is 1. The van der Waals surface area contributed by atoms with Gasteiger partial charge in [-0.05, 0) is 42.8 Å². The summed E-state index contributed by atoms with van der Waals surface area (Å²) in [5.74, 6) is 3.15. The number of carbonyl (C=O) groups is 1. The molecule has 1 aliphatic rings. The number of anilines is 1. The van der Waals surface area contributed by atoms with Crippen LogP contribution in [0.4, 0.5) is 5.82 Å². The lowest BCUT2D eigenvalue weighted by molar-refractivity contribution is 0.102. The summed E-state index contributed by atoms with van der Waals surface area (Å²) in [6, 6.07) is 15.3. The molecule has 0 radical (unpaired) electrons. The summed E-state index contributed by atoms with van der Waals surface area (Å²) in [4.78, 5) is 12.8. The fourth-order valence-corrected chi connectivity index (χ4v) is 4.09. The summed E-state index contributed by atoms with van der Waals surface area (Å²) in [6.07, 6.45) is 0. The van der Waals surface area contributed by atoms with Gasteiger partial charge in [-0.25, -0.2) is 4.68 Å². The molecule has 2 aromatic carbocycles. The minimum atomic E-state index is -0.113. The molecule has 0 unspecified atom stereocenters. The largest absolute Gasteiger partial charge is 0.497 e. The van der Waals surface area contributed by atoms with Crippen LogP contribution in [0.3, 0.4) is 0 Å². The predicted molar refractivity (Wildman–Crippen MR) is 104 cm³/mol. The maximum atomic E-state index is 12.8. The van der Waals surface area contributed by atoms with Gasteiger partial charge in [-0.15, -0.1) is 0 Å². The summed E-state index contributed by atoms with van der Waals surface area (Å²) < 4.78 is 7.05. The van der Waals surface area contributed by atoms with Crippen LogP contribution in [0, 0.1) is 6.92 Å². The van der Waals surface area contributed by atoms with Gasteiger partial charge in [0.25, 0.3) is 5.91 Å². The van der Waals surface area contributed by atoms with E-state index >= 15 is 0 Å². The lowest BCUT2D eigenvalue weighted by Gasteiger charge is -2.12. The molecule has 2 heterocycles. The smallest absolute Gasteiger partial charge is 0.257 e. The van der Waals surface area contributed by atoms with Crippen molar-refractivity contribution < 1.29 is 9.53 Å². The maximum Gasteiger partial charge on any atom is 0.257 e. The van der Waals surface area contributed by atoms with Crippen LogP contribution in [0.1, 0.15) is 27.2 Å². The zero-order chi connectivity index (χ0) is 18.1. The third kappa shape index (κ3) is 2.97. The molecule has 0 spiro atoms. The fourth-order valence-electron chi connectivity index (χ4n) is 3.05. The first kappa shape index (κ1) is 16.7. The molecule has 0 aliphatic carbocycles. The molecule has 5 nitrogen and oxygen atoms in total. The first-order valence-corrected chi connectivity index (χ1v) is 9.53. The highest BCUT2D eigenvalue weighted by atomic mass is 32.2. The van der Waals surface area contributed by atoms with Gasteiger partial charge in [0, 0.05) is 22.6 Å². The van der Waals surface area contributed by atoms with Gasteiger partial charge >= 0.3 is 0 Å². The van der Waals surface area contributed by atoms with Gasteiger partial charge in [0.2, 0.25) is 0 Å². The average Bonchev–Trinajstić information content (AvgIpc) is 3.25. The van der Waals surface area contributed by atoms with Crippen LogP contribution in [-0.2, 0) is 11.5 Å². The number of ether oxygens (including phenoxy) is 1. The number of methoxy groups -OCH3 is 1. The molecular weight excluding hydrogens is 346 g/mol. The van der Waals surface area contributed by atoms with Crippen molar-refractivity contribution >= 4 is 23.5 Å². The number of benzene rings is 2. The van der Waals surface area contributed by atoms with Crippen molar-refractivity contribution in [1.82, 2.24) is 9.78 Å². The van der Waals surface area contributed by atoms with Crippen molar-refractivity contribution in [2.24, 2.45) is 0 Å². The molecule has 4 rings (SSSR count). The van der Waals surface area contributed by atoms with Crippen molar-refractivity contribution in [2.75, 3.05) is 12.4 Å². The summed E-state index contributed by atoms with van der Waals surface area (Å²) in [6.45, 7) is 1.94. The van der Waals surface area contributed by atoms with Crippen LogP contribution in [0.25, 0.3) is 5.69 Å². The van der Waals surface area contributed by atoms with Crippen LogP contribution < -0.4 is 10.1 Å². The van der Waals surface area contributed by atoms with Crippen LogP contribution in [0.2, 0.25) is 0 Å². The van der Waals surface area contributed by atoms with E-state index in [1.807, 2.05) is 71.9 Å². The van der Waals surface area contributed by atoms with E-state index in [0.29, 0.717) is 5.56 Å². The first-order valence-electron chi connectivity index (χ1n) is 8.37. The Morgan fingerprint density at radius 1 is 1.15 bits per heavy atom. The molecule has 1 N–H and O–H groups in total. The normalized spacial score (nSPS) is 12.7. The SMILES string of the molecule is COc1ccc(-n2nc3c(c2NC(=O)c2ccccc2C)CSC3)cc1. The molecule has 1 aliphatic heterocycles. The van der Waals surface area contributed by atoms with Crippen molar-refractivity contribution in [1.29, 1.82) is 0 Å². The third-order valence-electron chi connectivity index (χ3n) is 4.49. The number of amides is 1. The minimum absolute atomic E-state index is 0.113. The van der Waals surface area contributed by atoms with Gasteiger partial charge in [0.05, 0.1) is 18.5 Å². The molecule has 1 aromatic heterocycles. The van der Waals surface area contributed by atoms with Crippen LogP contribution in [-0.4, -0.2) is 22.8 Å². The zero-order valence-corrected chi connectivity index (χ0v) is 15.5. The Kier molecular flexibility index (Phi) is 4.42. The van der Waals surface area contributed by atoms with Gasteiger partial charge in [-0.3, -0.25) is 4.79 Å². The lowest BCUT2D eigenvalue weighted by Crippen LogP contribution is -2.17. The van der Waals surface area contributed by atoms with Crippen molar-refractivity contribution in [3.63, 3.8) is 0 Å². The molecule has 0 saturated carbocycles. The molecule has 26 heavy (non-hydrogen) atoms. The van der Waals surface area contributed by atoms with Crippen molar-refractivity contribution in [3.8, 4) is 11.4 Å². The predicted octanol–water partition coefficient (Wildman–Crippen LogP) is 4.19. The van der Waals surface area contributed by atoms with E-state index in [-0.39, 0.29) is 5.91 Å². The van der Waals surface area contributed by atoms with Gasteiger partial charge < -0.3 is 10.1 Å². The molecular formula is C20H19N3O2S. The monoisotopic (exact) mass is 365 g/mol. The number of carbonyl (C=O) groups excluding carboxylic acids is 1. The summed E-state index contributed by atoms with van der Waals surface area (Å²) in [5, 5.41) is 7.82. The first-order chi connectivity index (χ1) is 12.7. The van der Waals surface area contributed by atoms with Crippen molar-refractivity contribution in [3.05, 3.63) is 70.9 Å². The number of thioether (sulfide) groups is 1. The second-order valence-corrected chi connectivity index (χ2v) is 7.13. The molecule has 0 bridgehead atoms. The number of hydrogen-bond donors (Lipinski definition) is 1.